The molecule has 0 aliphatic heterocycles. The maximum atomic E-state index is 12.6. The Bertz CT molecular complexity index is 2200. The van der Waals surface area contributed by atoms with Crippen molar-refractivity contribution >= 4 is 59.2 Å². The van der Waals surface area contributed by atoms with Crippen LogP contribution in [-0.4, -0.2) is 51.5 Å². The van der Waals surface area contributed by atoms with Gasteiger partial charge in [0.2, 0.25) is 0 Å². The second kappa shape index (κ2) is 13.0. The van der Waals surface area contributed by atoms with E-state index in [1.165, 1.54) is 10.8 Å². The molecular weight excluding hydrogens is 668 g/mol. The molecule has 1 aliphatic rings. The summed E-state index contributed by atoms with van der Waals surface area (Å²) in [4.78, 5) is 39.5. The molecular formula is C31H20N4O11S2. The number of hydrogen-bond acceptors (Lipinski definition) is 11. The van der Waals surface area contributed by atoms with Crippen LogP contribution >= 0.6 is 0 Å². The van der Waals surface area contributed by atoms with Gasteiger partial charge >= 0.3 is 0 Å². The fraction of sp³-hybridized carbons (Fsp3) is 0. The quantitative estimate of drug-likeness (QED) is 0.129. The van der Waals surface area contributed by atoms with Crippen LogP contribution in [0, 0.1) is 20.2 Å². The summed E-state index contributed by atoms with van der Waals surface area (Å²) in [5.41, 5.74) is -2.47. The van der Waals surface area contributed by atoms with Crippen molar-refractivity contribution in [1.29, 1.82) is 0 Å². The summed E-state index contributed by atoms with van der Waals surface area (Å²) in [6.07, 6.45) is 3.62. The maximum Gasteiger partial charge on any atom is 0.294 e. The van der Waals surface area contributed by atoms with Crippen LogP contribution in [0.25, 0.3) is 32.9 Å². The van der Waals surface area contributed by atoms with Gasteiger partial charge in [0.25, 0.3) is 31.6 Å². The lowest BCUT2D eigenvalue weighted by atomic mass is 10.0. The van der Waals surface area contributed by atoms with Crippen LogP contribution in [-0.2, 0) is 20.2 Å². The summed E-state index contributed by atoms with van der Waals surface area (Å²) in [6.45, 7) is 0. The lowest BCUT2D eigenvalue weighted by Gasteiger charge is -2.06. The number of hydrogen-bond donors (Lipinski definition) is 2. The van der Waals surface area contributed by atoms with Gasteiger partial charge in [-0.15, -0.1) is 0 Å². The predicted molar refractivity (Wildman–Crippen MR) is 172 cm³/mol. The Morgan fingerprint density at radius 1 is 0.562 bits per heavy atom. The van der Waals surface area contributed by atoms with Crippen molar-refractivity contribution in [2.75, 3.05) is 0 Å². The lowest BCUT2D eigenvalue weighted by Crippen LogP contribution is -2.04. The van der Waals surface area contributed by atoms with E-state index in [-0.39, 0.29) is 0 Å². The Hall–Kier alpha value is -6.01. The van der Waals surface area contributed by atoms with Gasteiger partial charge in [-0.2, -0.15) is 16.8 Å². The van der Waals surface area contributed by atoms with E-state index in [0.29, 0.717) is 24.3 Å². The van der Waals surface area contributed by atoms with E-state index in [4.69, 9.17) is 9.11 Å². The molecule has 0 unspecified atom stereocenters. The number of nitro benzene ring substituents is 2. The number of para-hydroxylation sites is 2. The molecule has 0 radical (unpaired) electrons. The molecule has 0 saturated heterocycles. The van der Waals surface area contributed by atoms with E-state index in [0.717, 1.165) is 11.0 Å². The minimum absolute atomic E-state index is 0.414. The molecule has 2 aromatic heterocycles. The van der Waals surface area contributed by atoms with Gasteiger partial charge in [-0.3, -0.25) is 44.1 Å². The molecule has 242 valence electrons. The first-order valence-corrected chi connectivity index (χ1v) is 16.3. The van der Waals surface area contributed by atoms with Gasteiger partial charge in [0.1, 0.15) is 9.79 Å². The predicted octanol–water partition coefficient (Wildman–Crippen LogP) is 5.68. The first kappa shape index (κ1) is 33.4. The zero-order chi connectivity index (χ0) is 34.8. The number of rotatable bonds is 4. The fourth-order valence-electron chi connectivity index (χ4n) is 4.85. The van der Waals surface area contributed by atoms with Crippen LogP contribution in [0.2, 0.25) is 0 Å². The Balaban J connectivity index is 0.000000180. The number of ketones is 1. The van der Waals surface area contributed by atoms with Crippen LogP contribution in [0.3, 0.4) is 0 Å². The van der Waals surface area contributed by atoms with E-state index in [1.807, 2.05) is 60.9 Å². The fourth-order valence-corrected chi connectivity index (χ4v) is 5.90. The topological polar surface area (TPSA) is 238 Å². The van der Waals surface area contributed by atoms with E-state index >= 15 is 0 Å². The Morgan fingerprint density at radius 2 is 0.917 bits per heavy atom. The van der Waals surface area contributed by atoms with Gasteiger partial charge in [-0.25, -0.2) is 0 Å². The highest BCUT2D eigenvalue weighted by Crippen LogP contribution is 2.48. The van der Waals surface area contributed by atoms with Gasteiger partial charge in [0, 0.05) is 46.4 Å². The first-order valence-electron chi connectivity index (χ1n) is 13.4. The second-order valence-electron chi connectivity index (χ2n) is 9.92. The van der Waals surface area contributed by atoms with Gasteiger partial charge < -0.3 is 0 Å². The summed E-state index contributed by atoms with van der Waals surface area (Å²) in [5.74, 6) is -1.16. The third-order valence-electron chi connectivity index (χ3n) is 6.93. The molecule has 0 fully saturated rings. The molecule has 2 N–H and O–H groups in total. The molecule has 0 bridgehead atoms. The highest BCUT2D eigenvalue weighted by atomic mass is 32.2. The van der Waals surface area contributed by atoms with Gasteiger partial charge in [-0.1, -0.05) is 48.5 Å². The Morgan fingerprint density at radius 3 is 1.25 bits per heavy atom. The monoisotopic (exact) mass is 688 g/mol. The molecule has 7 rings (SSSR count). The number of carbonyl (C=O) groups is 1. The molecule has 4 aromatic carbocycles. The summed E-state index contributed by atoms with van der Waals surface area (Å²) in [5, 5.41) is 25.1. The van der Waals surface area contributed by atoms with Crippen molar-refractivity contribution in [2.45, 2.75) is 9.79 Å². The van der Waals surface area contributed by atoms with E-state index in [9.17, 15) is 41.9 Å². The zero-order valence-corrected chi connectivity index (χ0v) is 25.7. The third-order valence-corrected chi connectivity index (χ3v) is 8.60. The van der Waals surface area contributed by atoms with E-state index in [2.05, 4.69) is 34.2 Å². The standard InChI is InChI=1S/C13H6N2O11S2.2C9H7N/c16-13-7-1-5(27(21,22)23)3-9(14(17)18)11(7)12-8(13)2-6(28(24,25)26)4-10(12)15(19)20;2*1-2-6-9-8(4-1)5-3-7-10-9/h1-4H,(H,21,22,23)(H,24,25,26);2*1-7H. The number of nitrogens with zero attached hydrogens (tertiary/aromatic N) is 4. The van der Waals surface area contributed by atoms with Gasteiger partial charge in [0.15, 0.2) is 5.78 Å². The molecule has 2 heterocycles. The number of pyridine rings is 2. The Labute approximate surface area is 271 Å². The number of carbonyl (C=O) groups excluding carboxylic acids is 1. The van der Waals surface area contributed by atoms with Crippen LogP contribution < -0.4 is 0 Å². The normalized spacial score (nSPS) is 11.8. The highest BCUT2D eigenvalue weighted by Gasteiger charge is 2.41. The second-order valence-corrected chi connectivity index (χ2v) is 12.8. The van der Waals surface area contributed by atoms with Crippen molar-refractivity contribution in [3.05, 3.63) is 141 Å². The number of nitro groups is 2. The van der Waals surface area contributed by atoms with E-state index < -0.39 is 79.3 Å². The number of benzene rings is 4. The third kappa shape index (κ3) is 6.88. The summed E-state index contributed by atoms with van der Waals surface area (Å²) >= 11 is 0. The van der Waals surface area contributed by atoms with Crippen LogP contribution in [0.15, 0.2) is 119 Å². The number of aromatic nitrogens is 2. The molecule has 0 spiro atoms. The van der Waals surface area contributed by atoms with Crippen LogP contribution in [0.4, 0.5) is 11.4 Å². The summed E-state index contributed by atoms with van der Waals surface area (Å²) < 4.78 is 63.7. The molecule has 0 atom stereocenters. The first-order chi connectivity index (χ1) is 22.7. The zero-order valence-electron chi connectivity index (χ0n) is 24.1. The molecule has 17 heteroatoms. The smallest absolute Gasteiger partial charge is 0.289 e. The summed E-state index contributed by atoms with van der Waals surface area (Å²) in [7, 11) is -9.95. The van der Waals surface area contributed by atoms with Crippen LogP contribution in [0.5, 0.6) is 0 Å². The Kier molecular flexibility index (Phi) is 9.04. The molecule has 0 saturated carbocycles. The molecule has 6 aromatic rings. The molecule has 15 nitrogen and oxygen atoms in total. The lowest BCUT2D eigenvalue weighted by molar-refractivity contribution is -0.386. The van der Waals surface area contributed by atoms with Crippen molar-refractivity contribution in [2.24, 2.45) is 0 Å². The van der Waals surface area contributed by atoms with Crippen molar-refractivity contribution in [3.63, 3.8) is 0 Å². The minimum atomic E-state index is -4.98. The minimum Gasteiger partial charge on any atom is -0.289 e. The highest BCUT2D eigenvalue weighted by molar-refractivity contribution is 7.86. The van der Waals surface area contributed by atoms with Crippen molar-refractivity contribution in [1.82, 2.24) is 9.97 Å². The molecule has 1 aliphatic carbocycles. The molecule has 48 heavy (non-hydrogen) atoms. The molecule has 0 amide bonds. The SMILES string of the molecule is O=C1c2cc(S(=O)(=O)O)cc([N+](=O)[O-])c2-c2c1cc(S(=O)(=O)O)cc2[N+](=O)[O-].c1ccc2ncccc2c1.c1ccc2ncccc2c1. The largest absolute Gasteiger partial charge is 0.294 e. The van der Waals surface area contributed by atoms with Crippen molar-refractivity contribution < 1.29 is 40.6 Å². The summed E-state index contributed by atoms with van der Waals surface area (Å²) in [6, 6.07) is 26.2. The van der Waals surface area contributed by atoms with Gasteiger partial charge in [0.05, 0.1) is 32.0 Å². The van der Waals surface area contributed by atoms with Crippen LogP contribution in [0.1, 0.15) is 15.9 Å². The average Bonchev–Trinajstić information content (AvgIpc) is 3.35. The van der Waals surface area contributed by atoms with Crippen molar-refractivity contribution in [3.8, 4) is 11.1 Å². The average molecular weight is 689 g/mol. The van der Waals surface area contributed by atoms with E-state index in [1.54, 1.807) is 0 Å². The maximum absolute atomic E-state index is 12.6. The van der Waals surface area contributed by atoms with Gasteiger partial charge in [-0.05, 0) is 36.4 Å². The number of fused-ring (bicyclic) bond motifs is 5.